The van der Waals surface area contributed by atoms with Gasteiger partial charge in [0, 0.05) is 19.5 Å². The number of nitriles is 1. The maximum Gasteiger partial charge on any atom is 0.221 e. The summed E-state index contributed by atoms with van der Waals surface area (Å²) in [6, 6.07) is 1.75. The molecular formula is C9H15N3O4S. The van der Waals surface area contributed by atoms with E-state index in [-0.39, 0.29) is 18.7 Å². The summed E-state index contributed by atoms with van der Waals surface area (Å²) in [6.45, 7) is 1.35. The van der Waals surface area contributed by atoms with Crippen molar-refractivity contribution in [3.8, 4) is 6.07 Å². The van der Waals surface area contributed by atoms with Crippen LogP contribution in [-0.4, -0.2) is 57.2 Å². The highest BCUT2D eigenvalue weighted by Crippen LogP contribution is 2.06. The fourth-order valence-electron chi connectivity index (χ4n) is 1.40. The lowest BCUT2D eigenvalue weighted by Gasteiger charge is -2.25. The number of nitrogens with one attached hydrogen (secondary N) is 1. The Morgan fingerprint density at radius 3 is 2.65 bits per heavy atom. The average Bonchev–Trinajstić information content (AvgIpc) is 2.35. The Bertz CT molecular complexity index is 395. The number of hydrogen-bond donors (Lipinski definition) is 1. The lowest BCUT2D eigenvalue weighted by atomic mass is 10.4. The van der Waals surface area contributed by atoms with Gasteiger partial charge in [-0.3, -0.25) is 4.79 Å². The largest absolute Gasteiger partial charge is 0.379 e. The van der Waals surface area contributed by atoms with Crippen molar-refractivity contribution in [1.29, 1.82) is 5.26 Å². The van der Waals surface area contributed by atoms with E-state index in [1.165, 1.54) is 4.31 Å². The van der Waals surface area contributed by atoms with Crippen molar-refractivity contribution in [2.75, 3.05) is 38.6 Å². The summed E-state index contributed by atoms with van der Waals surface area (Å²) in [5, 5.41) is 10.5. The Morgan fingerprint density at radius 1 is 1.41 bits per heavy atom. The topological polar surface area (TPSA) is 99.5 Å². The van der Waals surface area contributed by atoms with E-state index in [4.69, 9.17) is 10.00 Å². The van der Waals surface area contributed by atoms with Crippen LogP contribution in [0.1, 0.15) is 6.42 Å². The zero-order chi connectivity index (χ0) is 12.7. The zero-order valence-electron chi connectivity index (χ0n) is 9.39. The molecule has 1 fully saturated rings. The van der Waals surface area contributed by atoms with E-state index in [2.05, 4.69) is 5.32 Å². The molecule has 17 heavy (non-hydrogen) atoms. The van der Waals surface area contributed by atoms with Gasteiger partial charge in [-0.2, -0.15) is 9.57 Å². The standard InChI is InChI=1S/C9H15N3O4S/c10-2-3-11-9(13)1-8-17(14,15)12-4-6-16-7-5-12/h1,3-8H2,(H,11,13). The Morgan fingerprint density at radius 2 is 2.06 bits per heavy atom. The van der Waals surface area contributed by atoms with Crippen LogP contribution in [0.3, 0.4) is 0 Å². The maximum atomic E-state index is 11.8. The average molecular weight is 261 g/mol. The molecule has 96 valence electrons. The van der Waals surface area contributed by atoms with E-state index >= 15 is 0 Å². The van der Waals surface area contributed by atoms with Gasteiger partial charge in [-0.15, -0.1) is 0 Å². The molecule has 8 heteroatoms. The van der Waals surface area contributed by atoms with Crippen molar-refractivity contribution in [1.82, 2.24) is 9.62 Å². The second-order valence-electron chi connectivity index (χ2n) is 3.51. The predicted octanol–water partition coefficient (Wildman–Crippen LogP) is -1.32. The fraction of sp³-hybridized carbons (Fsp3) is 0.778. The van der Waals surface area contributed by atoms with Crippen LogP contribution < -0.4 is 5.32 Å². The molecule has 0 spiro atoms. The molecule has 0 aromatic rings. The minimum atomic E-state index is -3.39. The van der Waals surface area contributed by atoms with E-state index in [0.717, 1.165) is 0 Å². The number of sulfonamides is 1. The second-order valence-corrected chi connectivity index (χ2v) is 5.60. The highest BCUT2D eigenvalue weighted by Gasteiger charge is 2.24. The summed E-state index contributed by atoms with van der Waals surface area (Å²) < 4.78 is 30.0. The number of ether oxygens (including phenoxy) is 1. The van der Waals surface area contributed by atoms with E-state index in [9.17, 15) is 13.2 Å². The number of hydrogen-bond acceptors (Lipinski definition) is 5. The van der Waals surface area contributed by atoms with Crippen molar-refractivity contribution in [3.63, 3.8) is 0 Å². The van der Waals surface area contributed by atoms with Gasteiger partial charge in [0.15, 0.2) is 0 Å². The number of morpholine rings is 1. The molecule has 0 radical (unpaired) electrons. The molecule has 0 saturated carbocycles. The SMILES string of the molecule is N#CCNC(=O)CCS(=O)(=O)N1CCOCC1. The molecule has 1 amide bonds. The monoisotopic (exact) mass is 261 g/mol. The third-order valence-electron chi connectivity index (χ3n) is 2.32. The van der Waals surface area contributed by atoms with Crippen LogP contribution in [0.5, 0.6) is 0 Å². The van der Waals surface area contributed by atoms with Gasteiger partial charge in [-0.25, -0.2) is 8.42 Å². The quantitative estimate of drug-likeness (QED) is 0.619. The van der Waals surface area contributed by atoms with Crippen molar-refractivity contribution in [2.45, 2.75) is 6.42 Å². The van der Waals surface area contributed by atoms with Gasteiger partial charge in [0.05, 0.1) is 25.0 Å². The molecule has 0 bridgehead atoms. The summed E-state index contributed by atoms with van der Waals surface area (Å²) in [7, 11) is -3.39. The molecule has 1 saturated heterocycles. The number of rotatable bonds is 5. The van der Waals surface area contributed by atoms with Crippen LogP contribution in [0.4, 0.5) is 0 Å². The van der Waals surface area contributed by atoms with Gasteiger partial charge in [-0.05, 0) is 0 Å². The molecule has 1 heterocycles. The summed E-state index contributed by atoms with van der Waals surface area (Å²) in [4.78, 5) is 11.2. The molecule has 0 aliphatic carbocycles. The van der Waals surface area contributed by atoms with E-state index in [1.54, 1.807) is 6.07 Å². The third-order valence-corrected chi connectivity index (χ3v) is 4.19. The fourth-order valence-corrected chi connectivity index (χ4v) is 2.81. The first kappa shape index (κ1) is 13.9. The number of carbonyl (C=O) groups is 1. The number of nitrogens with zero attached hydrogens (tertiary/aromatic N) is 2. The summed E-state index contributed by atoms with van der Waals surface area (Å²) in [5.41, 5.74) is 0. The Hall–Kier alpha value is -1.17. The Labute approximate surface area is 100 Å². The summed E-state index contributed by atoms with van der Waals surface area (Å²) in [6.07, 6.45) is -0.124. The predicted molar refractivity (Wildman–Crippen MR) is 59.4 cm³/mol. The zero-order valence-corrected chi connectivity index (χ0v) is 10.2. The number of amides is 1. The lowest BCUT2D eigenvalue weighted by Crippen LogP contribution is -2.42. The van der Waals surface area contributed by atoms with Gasteiger partial charge in [0.1, 0.15) is 6.54 Å². The highest BCUT2D eigenvalue weighted by molar-refractivity contribution is 7.89. The van der Waals surface area contributed by atoms with E-state index in [1.807, 2.05) is 0 Å². The molecule has 7 nitrogen and oxygen atoms in total. The van der Waals surface area contributed by atoms with Gasteiger partial charge in [-0.1, -0.05) is 0 Å². The normalized spacial score (nSPS) is 17.4. The summed E-state index contributed by atoms with van der Waals surface area (Å²) >= 11 is 0. The molecule has 1 aliphatic heterocycles. The molecule has 1 aliphatic rings. The molecule has 0 aromatic heterocycles. The third kappa shape index (κ3) is 4.68. The van der Waals surface area contributed by atoms with Crippen LogP contribution in [-0.2, 0) is 19.6 Å². The van der Waals surface area contributed by atoms with Crippen molar-refractivity contribution < 1.29 is 17.9 Å². The first-order valence-electron chi connectivity index (χ1n) is 5.25. The highest BCUT2D eigenvalue weighted by atomic mass is 32.2. The minimum Gasteiger partial charge on any atom is -0.379 e. The smallest absolute Gasteiger partial charge is 0.221 e. The lowest BCUT2D eigenvalue weighted by molar-refractivity contribution is -0.120. The van der Waals surface area contributed by atoms with Gasteiger partial charge < -0.3 is 10.1 Å². The first-order chi connectivity index (χ1) is 8.06. The van der Waals surface area contributed by atoms with Crippen LogP contribution in [0, 0.1) is 11.3 Å². The van der Waals surface area contributed by atoms with Crippen molar-refractivity contribution in [2.24, 2.45) is 0 Å². The van der Waals surface area contributed by atoms with Crippen molar-refractivity contribution in [3.05, 3.63) is 0 Å². The van der Waals surface area contributed by atoms with E-state index < -0.39 is 15.9 Å². The maximum absolute atomic E-state index is 11.8. The molecular weight excluding hydrogens is 246 g/mol. The second kappa shape index (κ2) is 6.54. The Balaban J connectivity index is 2.39. The molecule has 0 aromatic carbocycles. The first-order valence-corrected chi connectivity index (χ1v) is 6.86. The molecule has 0 unspecified atom stereocenters. The van der Waals surface area contributed by atoms with Crippen molar-refractivity contribution >= 4 is 15.9 Å². The summed E-state index contributed by atoms with van der Waals surface area (Å²) in [5.74, 6) is -0.659. The molecule has 1 N–H and O–H groups in total. The van der Waals surface area contributed by atoms with Gasteiger partial charge >= 0.3 is 0 Å². The number of carbonyl (C=O) groups excluding carboxylic acids is 1. The van der Waals surface area contributed by atoms with Crippen LogP contribution in [0.15, 0.2) is 0 Å². The van der Waals surface area contributed by atoms with E-state index in [0.29, 0.717) is 26.3 Å². The van der Waals surface area contributed by atoms with Crippen LogP contribution >= 0.6 is 0 Å². The molecule has 0 atom stereocenters. The Kier molecular flexibility index (Phi) is 5.34. The van der Waals surface area contributed by atoms with Crippen LogP contribution in [0.2, 0.25) is 0 Å². The van der Waals surface area contributed by atoms with Gasteiger partial charge in [0.25, 0.3) is 0 Å². The molecule has 1 rings (SSSR count). The van der Waals surface area contributed by atoms with Crippen LogP contribution in [0.25, 0.3) is 0 Å². The minimum absolute atomic E-state index is 0.101. The van der Waals surface area contributed by atoms with Gasteiger partial charge in [0.2, 0.25) is 15.9 Å².